The van der Waals surface area contributed by atoms with E-state index in [0.29, 0.717) is 0 Å². The highest BCUT2D eigenvalue weighted by molar-refractivity contribution is 14.1. The van der Waals surface area contributed by atoms with Gasteiger partial charge in [-0.15, -0.1) is 0 Å². The van der Waals surface area contributed by atoms with E-state index in [9.17, 15) is 4.39 Å². The predicted molar refractivity (Wildman–Crippen MR) is 103 cm³/mol. The number of benzene rings is 3. The van der Waals surface area contributed by atoms with E-state index in [1.807, 2.05) is 24.3 Å². The monoisotopic (exact) mass is 414 g/mol. The molecule has 0 unspecified atom stereocenters. The van der Waals surface area contributed by atoms with Crippen LogP contribution in [0.15, 0.2) is 91.0 Å². The second kappa shape index (κ2) is 7.55. The van der Waals surface area contributed by atoms with E-state index in [2.05, 4.69) is 77.2 Å². The first-order valence-corrected chi connectivity index (χ1v) is 8.55. The molecule has 0 aliphatic carbocycles. The Balaban J connectivity index is 2.02. The van der Waals surface area contributed by atoms with Crippen molar-refractivity contribution in [1.82, 2.24) is 0 Å². The smallest absolute Gasteiger partial charge is 0.123 e. The van der Waals surface area contributed by atoms with Crippen molar-refractivity contribution in [3.8, 4) is 0 Å². The maximum atomic E-state index is 13.1. The van der Waals surface area contributed by atoms with Crippen molar-refractivity contribution < 1.29 is 4.39 Å². The van der Waals surface area contributed by atoms with Crippen LogP contribution in [-0.4, -0.2) is 0 Å². The predicted octanol–water partition coefficient (Wildman–Crippen LogP) is 6.43. The average Bonchev–Trinajstić information content (AvgIpc) is 2.61. The van der Waals surface area contributed by atoms with E-state index in [1.165, 1.54) is 23.3 Å². The summed E-state index contributed by atoms with van der Waals surface area (Å²) < 4.78 is 14.2. The minimum atomic E-state index is -0.208. The molecule has 0 radical (unpaired) electrons. The highest BCUT2D eigenvalue weighted by Crippen LogP contribution is 2.32. The molecule has 0 fully saturated rings. The zero-order valence-corrected chi connectivity index (χ0v) is 14.7. The number of rotatable bonds is 4. The summed E-state index contributed by atoms with van der Waals surface area (Å²) in [5.74, 6) is -0.0324. The third-order valence-electron chi connectivity index (χ3n) is 3.75. The maximum absolute atomic E-state index is 13.1. The van der Waals surface area contributed by atoms with Gasteiger partial charge in [0.2, 0.25) is 0 Å². The molecule has 0 aliphatic rings. The second-order valence-electron chi connectivity index (χ2n) is 5.32. The Labute approximate surface area is 149 Å². The van der Waals surface area contributed by atoms with Gasteiger partial charge in [-0.2, -0.15) is 0 Å². The van der Waals surface area contributed by atoms with Crippen LogP contribution in [0, 0.1) is 5.82 Å². The molecular weight excluding hydrogens is 398 g/mol. The van der Waals surface area contributed by atoms with Crippen molar-refractivity contribution in [1.29, 1.82) is 0 Å². The lowest BCUT2D eigenvalue weighted by Gasteiger charge is -2.15. The van der Waals surface area contributed by atoms with Gasteiger partial charge in [-0.1, -0.05) is 78.9 Å². The van der Waals surface area contributed by atoms with Crippen LogP contribution in [0.2, 0.25) is 0 Å². The lowest BCUT2D eigenvalue weighted by molar-refractivity contribution is 0.628. The third-order valence-corrected chi connectivity index (χ3v) is 4.73. The molecule has 3 rings (SSSR count). The second-order valence-corrected chi connectivity index (χ2v) is 6.48. The number of hydrogen-bond donors (Lipinski definition) is 0. The van der Waals surface area contributed by atoms with Crippen LogP contribution in [0.3, 0.4) is 0 Å². The number of allylic oxidation sites excluding steroid dienone is 1. The van der Waals surface area contributed by atoms with Crippen LogP contribution in [0.4, 0.5) is 4.39 Å². The molecule has 0 amide bonds. The standard InChI is InChI=1S/C21H16FI/c22-19-13-11-18(12-14-19)21(23)15-20(16-7-3-1-4-8-16)17-9-5-2-6-10-17/h1-15,20H/b21-15+. The molecule has 0 saturated carbocycles. The molecule has 0 aromatic heterocycles. The van der Waals surface area contributed by atoms with Crippen LogP contribution in [0.25, 0.3) is 3.58 Å². The Morgan fingerprint density at radius 3 is 1.70 bits per heavy atom. The summed E-state index contributed by atoms with van der Waals surface area (Å²) in [5.41, 5.74) is 3.52. The van der Waals surface area contributed by atoms with Gasteiger partial charge in [0, 0.05) is 9.50 Å². The normalized spacial score (nSPS) is 11.7. The summed E-state index contributed by atoms with van der Waals surface area (Å²) in [6.45, 7) is 0. The van der Waals surface area contributed by atoms with Crippen LogP contribution < -0.4 is 0 Å². The third kappa shape index (κ3) is 4.08. The topological polar surface area (TPSA) is 0 Å². The van der Waals surface area contributed by atoms with Crippen LogP contribution in [-0.2, 0) is 0 Å². The summed E-state index contributed by atoms with van der Waals surface area (Å²) in [6.07, 6.45) is 2.23. The van der Waals surface area contributed by atoms with E-state index < -0.39 is 0 Å². The Morgan fingerprint density at radius 1 is 0.739 bits per heavy atom. The van der Waals surface area contributed by atoms with E-state index >= 15 is 0 Å². The van der Waals surface area contributed by atoms with Gasteiger partial charge in [-0.25, -0.2) is 4.39 Å². The Morgan fingerprint density at radius 2 is 1.22 bits per heavy atom. The van der Waals surface area contributed by atoms with Gasteiger partial charge in [0.1, 0.15) is 5.82 Å². The lowest BCUT2D eigenvalue weighted by atomic mass is 9.90. The average molecular weight is 414 g/mol. The van der Waals surface area contributed by atoms with Gasteiger partial charge in [-0.3, -0.25) is 0 Å². The highest BCUT2D eigenvalue weighted by atomic mass is 127. The van der Waals surface area contributed by atoms with E-state index in [1.54, 1.807) is 0 Å². The van der Waals surface area contributed by atoms with Crippen LogP contribution in [0.5, 0.6) is 0 Å². The summed E-state index contributed by atoms with van der Waals surface area (Å²) in [7, 11) is 0. The molecule has 0 atom stereocenters. The molecule has 3 aromatic rings. The number of hydrogen-bond acceptors (Lipinski definition) is 0. The van der Waals surface area contributed by atoms with Crippen LogP contribution >= 0.6 is 22.6 Å². The fourth-order valence-electron chi connectivity index (χ4n) is 2.56. The van der Waals surface area contributed by atoms with Crippen molar-refractivity contribution in [2.75, 3.05) is 0 Å². The summed E-state index contributed by atoms with van der Waals surface area (Å²) >= 11 is 2.33. The van der Waals surface area contributed by atoms with E-state index in [4.69, 9.17) is 0 Å². The first kappa shape index (κ1) is 15.9. The summed E-state index contributed by atoms with van der Waals surface area (Å²) in [4.78, 5) is 0. The van der Waals surface area contributed by atoms with Crippen molar-refractivity contribution in [2.24, 2.45) is 0 Å². The zero-order valence-electron chi connectivity index (χ0n) is 12.5. The lowest BCUT2D eigenvalue weighted by Crippen LogP contribution is -1.98. The van der Waals surface area contributed by atoms with Gasteiger partial charge in [0.15, 0.2) is 0 Å². The van der Waals surface area contributed by atoms with Gasteiger partial charge >= 0.3 is 0 Å². The molecule has 0 heterocycles. The molecule has 3 aromatic carbocycles. The Hall–Kier alpha value is -1.94. The Bertz CT molecular complexity index is 738. The van der Waals surface area contributed by atoms with E-state index in [-0.39, 0.29) is 11.7 Å². The molecule has 0 nitrogen and oxygen atoms in total. The van der Waals surface area contributed by atoms with Crippen LogP contribution in [0.1, 0.15) is 22.6 Å². The fourth-order valence-corrected chi connectivity index (χ4v) is 3.28. The molecular formula is C21H16FI. The molecule has 0 saturated heterocycles. The van der Waals surface area contributed by atoms with Gasteiger partial charge in [0.25, 0.3) is 0 Å². The van der Waals surface area contributed by atoms with Crippen molar-refractivity contribution >= 4 is 26.2 Å². The SMILES string of the molecule is Fc1ccc(/C(I)=C\C(c2ccccc2)c2ccccc2)cc1. The highest BCUT2D eigenvalue weighted by Gasteiger charge is 2.12. The molecule has 23 heavy (non-hydrogen) atoms. The van der Waals surface area contributed by atoms with Crippen molar-refractivity contribution in [3.05, 3.63) is 114 Å². The first-order chi connectivity index (χ1) is 11.2. The van der Waals surface area contributed by atoms with E-state index in [0.717, 1.165) is 9.14 Å². The summed E-state index contributed by atoms with van der Waals surface area (Å²) in [6, 6.07) is 27.5. The maximum Gasteiger partial charge on any atom is 0.123 e. The van der Waals surface area contributed by atoms with Crippen molar-refractivity contribution in [2.45, 2.75) is 5.92 Å². The van der Waals surface area contributed by atoms with Gasteiger partial charge in [0.05, 0.1) is 0 Å². The molecule has 2 heteroatoms. The quantitative estimate of drug-likeness (QED) is 0.432. The molecule has 114 valence electrons. The summed E-state index contributed by atoms with van der Waals surface area (Å²) in [5, 5.41) is 0. The minimum Gasteiger partial charge on any atom is -0.207 e. The Kier molecular flexibility index (Phi) is 5.23. The fraction of sp³-hybridized carbons (Fsp3) is 0.0476. The molecule has 0 spiro atoms. The van der Waals surface area contributed by atoms with Gasteiger partial charge in [-0.05, 0) is 51.4 Å². The molecule has 0 aliphatic heterocycles. The van der Waals surface area contributed by atoms with Crippen molar-refractivity contribution in [3.63, 3.8) is 0 Å². The zero-order chi connectivity index (χ0) is 16.1. The van der Waals surface area contributed by atoms with Gasteiger partial charge < -0.3 is 0 Å². The molecule has 0 bridgehead atoms. The molecule has 0 N–H and O–H groups in total. The first-order valence-electron chi connectivity index (χ1n) is 7.47. The largest absolute Gasteiger partial charge is 0.207 e. The minimum absolute atomic E-state index is 0.175. The number of halogens is 2.